The fourth-order valence-electron chi connectivity index (χ4n) is 11.2. The van der Waals surface area contributed by atoms with Crippen molar-refractivity contribution in [2.45, 2.75) is 12.0 Å². The minimum Gasteiger partial charge on any atom is -0.456 e. The van der Waals surface area contributed by atoms with Gasteiger partial charge >= 0.3 is 0 Å². The zero-order chi connectivity index (χ0) is 42.5. The molecule has 0 radical (unpaired) electrons. The van der Waals surface area contributed by atoms with Crippen molar-refractivity contribution < 1.29 is 4.42 Å². The Hall–Kier alpha value is -7.51. The van der Waals surface area contributed by atoms with E-state index < -0.39 is 16.1 Å². The van der Waals surface area contributed by atoms with Gasteiger partial charge in [-0.25, -0.2) is 0 Å². The molecular formula is C60H45NOSi2. The molecule has 0 bridgehead atoms. The Morgan fingerprint density at radius 1 is 0.406 bits per heavy atom. The topological polar surface area (TPSA) is 18.1 Å². The molecule has 2 heterocycles. The van der Waals surface area contributed by atoms with E-state index in [2.05, 4.69) is 259 Å². The Morgan fingerprint density at radius 2 is 0.891 bits per heavy atom. The molecule has 0 saturated heterocycles. The van der Waals surface area contributed by atoms with E-state index in [0.29, 0.717) is 0 Å². The summed E-state index contributed by atoms with van der Waals surface area (Å²) in [5.41, 5.74) is 5.64. The second-order valence-electron chi connectivity index (χ2n) is 17.1. The lowest BCUT2D eigenvalue weighted by Crippen LogP contribution is -2.74. The molecule has 1 atom stereocenters. The smallest absolute Gasteiger partial charge is 0.179 e. The predicted molar refractivity (Wildman–Crippen MR) is 276 cm³/mol. The van der Waals surface area contributed by atoms with E-state index in [1.54, 1.807) is 0 Å². The van der Waals surface area contributed by atoms with Crippen molar-refractivity contribution in [1.82, 2.24) is 4.57 Å². The van der Waals surface area contributed by atoms with Crippen molar-refractivity contribution in [3.05, 3.63) is 255 Å². The third-order valence-corrected chi connectivity index (χ3v) is 23.9. The number of furan rings is 1. The molecule has 1 aliphatic carbocycles. The molecule has 304 valence electrons. The first-order chi connectivity index (χ1) is 31.8. The van der Waals surface area contributed by atoms with E-state index in [0.717, 1.165) is 34.0 Å². The SMILES string of the molecule is C1=CCC([Si](c2ccccc2)(c2ccccc2)c2cc(-n3c4ccccc4c4ccccc43)cc3c2oc2ccc([Si](c4ccccc4)(c4ccccc4)c4ccccc4)cc23)C=C1. The van der Waals surface area contributed by atoms with Crippen molar-refractivity contribution in [2.75, 3.05) is 0 Å². The number of fused-ring (bicyclic) bond motifs is 6. The maximum Gasteiger partial charge on any atom is 0.179 e. The molecule has 4 heteroatoms. The Kier molecular flexibility index (Phi) is 9.36. The first kappa shape index (κ1) is 38.2. The summed E-state index contributed by atoms with van der Waals surface area (Å²) in [5, 5.41) is 14.2. The molecule has 2 nitrogen and oxygen atoms in total. The van der Waals surface area contributed by atoms with Crippen LogP contribution < -0.4 is 36.3 Å². The van der Waals surface area contributed by atoms with E-state index in [-0.39, 0.29) is 5.54 Å². The summed E-state index contributed by atoms with van der Waals surface area (Å²) in [6.07, 6.45) is 10.3. The molecule has 0 aliphatic heterocycles. The number of hydrogen-bond donors (Lipinski definition) is 0. The largest absolute Gasteiger partial charge is 0.456 e. The van der Waals surface area contributed by atoms with Gasteiger partial charge in [0.05, 0.1) is 11.0 Å². The second kappa shape index (κ2) is 15.7. The predicted octanol–water partition coefficient (Wildman–Crippen LogP) is 10.4. The Bertz CT molecular complexity index is 3330. The van der Waals surface area contributed by atoms with Crippen LogP contribution in [0.5, 0.6) is 0 Å². The Morgan fingerprint density at radius 3 is 1.39 bits per heavy atom. The summed E-state index contributed by atoms with van der Waals surface area (Å²) in [7, 11) is -5.83. The second-order valence-corrected chi connectivity index (χ2v) is 25.0. The van der Waals surface area contributed by atoms with Crippen LogP contribution in [-0.4, -0.2) is 20.7 Å². The van der Waals surface area contributed by atoms with Crippen LogP contribution in [0.3, 0.4) is 0 Å². The molecule has 0 amide bonds. The van der Waals surface area contributed by atoms with Gasteiger partial charge in [0.2, 0.25) is 0 Å². The fourth-order valence-corrected chi connectivity index (χ4v) is 21.4. The van der Waals surface area contributed by atoms with Gasteiger partial charge in [-0.3, -0.25) is 0 Å². The number of rotatable bonds is 9. The highest BCUT2D eigenvalue weighted by Gasteiger charge is 2.48. The van der Waals surface area contributed by atoms with Crippen molar-refractivity contribution in [3.8, 4) is 5.69 Å². The van der Waals surface area contributed by atoms with Gasteiger partial charge in [-0.1, -0.05) is 224 Å². The molecule has 11 aromatic rings. The lowest BCUT2D eigenvalue weighted by Gasteiger charge is -2.40. The van der Waals surface area contributed by atoms with Crippen LogP contribution >= 0.6 is 0 Å². The Labute approximate surface area is 375 Å². The van der Waals surface area contributed by atoms with Gasteiger partial charge in [0, 0.05) is 27.2 Å². The van der Waals surface area contributed by atoms with E-state index >= 15 is 0 Å². The summed E-state index contributed by atoms with van der Waals surface area (Å²) in [4.78, 5) is 0. The molecule has 0 fully saturated rings. The molecule has 12 rings (SSSR count). The van der Waals surface area contributed by atoms with Gasteiger partial charge in [0.25, 0.3) is 0 Å². The van der Waals surface area contributed by atoms with Crippen LogP contribution in [-0.2, 0) is 0 Å². The molecule has 0 N–H and O–H groups in total. The average molecular weight is 852 g/mol. The lowest BCUT2D eigenvalue weighted by molar-refractivity contribution is 0.671. The number of aromatic nitrogens is 1. The van der Waals surface area contributed by atoms with Crippen molar-refractivity contribution in [1.29, 1.82) is 0 Å². The highest BCUT2D eigenvalue weighted by molar-refractivity contribution is 7.20. The average Bonchev–Trinajstić information content (AvgIpc) is 3.92. The monoisotopic (exact) mass is 851 g/mol. The van der Waals surface area contributed by atoms with Crippen molar-refractivity contribution in [3.63, 3.8) is 0 Å². The van der Waals surface area contributed by atoms with Crippen molar-refractivity contribution >= 4 is 96.2 Å². The Balaban J connectivity index is 1.25. The van der Waals surface area contributed by atoms with Crippen LogP contribution in [0.4, 0.5) is 0 Å². The van der Waals surface area contributed by atoms with Gasteiger partial charge in [-0.2, -0.15) is 0 Å². The quantitative estimate of drug-likeness (QED) is 0.105. The van der Waals surface area contributed by atoms with E-state index in [1.165, 1.54) is 58.1 Å². The number of para-hydroxylation sites is 2. The summed E-state index contributed by atoms with van der Waals surface area (Å²) in [5.74, 6) is 0. The minimum absolute atomic E-state index is 0.233. The standard InChI is InChI=1S/C60H45NOSi2/c1-7-23-45(24-8-1)63(46-25-9-2-10-26-46,47-27-11-3-12-28-47)51-39-40-58-54(43-51)55-41-44(61-56-37-21-19-35-52(56)53-36-20-22-38-57(53)61)42-59(60(55)62-58)64(48-29-13-4-14-30-48,49-31-15-5-16-32-49)50-33-17-6-18-34-50/h1-33,35-43,50H,34H2. The summed E-state index contributed by atoms with van der Waals surface area (Å²) in [6, 6.07) is 86.2. The van der Waals surface area contributed by atoms with Crippen LogP contribution in [0.2, 0.25) is 5.54 Å². The highest BCUT2D eigenvalue weighted by atomic mass is 28.3. The van der Waals surface area contributed by atoms with Gasteiger partial charge in [-0.15, -0.1) is 0 Å². The molecular weight excluding hydrogens is 807 g/mol. The summed E-state index contributed by atoms with van der Waals surface area (Å²) in [6.45, 7) is 0. The third-order valence-electron chi connectivity index (χ3n) is 13.9. The van der Waals surface area contributed by atoms with Crippen molar-refractivity contribution in [2.24, 2.45) is 0 Å². The molecule has 1 unspecified atom stereocenters. The normalized spacial score (nSPS) is 14.2. The van der Waals surface area contributed by atoms with Gasteiger partial charge < -0.3 is 8.98 Å². The molecule has 9 aromatic carbocycles. The van der Waals surface area contributed by atoms with Crippen LogP contribution in [0.25, 0.3) is 49.4 Å². The maximum atomic E-state index is 7.45. The molecule has 0 saturated carbocycles. The number of benzene rings is 9. The molecule has 1 aliphatic rings. The maximum absolute atomic E-state index is 7.45. The van der Waals surface area contributed by atoms with E-state index in [9.17, 15) is 0 Å². The zero-order valence-corrected chi connectivity index (χ0v) is 37.4. The first-order valence-corrected chi connectivity index (χ1v) is 26.4. The van der Waals surface area contributed by atoms with Gasteiger partial charge in [-0.05, 0) is 78.6 Å². The van der Waals surface area contributed by atoms with Crippen LogP contribution in [0.1, 0.15) is 6.42 Å². The minimum atomic E-state index is -2.97. The lowest BCUT2D eigenvalue weighted by atomic mass is 10.1. The summed E-state index contributed by atoms with van der Waals surface area (Å²) < 4.78 is 9.95. The van der Waals surface area contributed by atoms with E-state index in [4.69, 9.17) is 4.42 Å². The van der Waals surface area contributed by atoms with Crippen LogP contribution in [0, 0.1) is 0 Å². The molecule has 64 heavy (non-hydrogen) atoms. The number of hydrogen-bond acceptors (Lipinski definition) is 1. The summed E-state index contributed by atoms with van der Waals surface area (Å²) >= 11 is 0. The number of allylic oxidation sites excluding steroid dienone is 4. The highest BCUT2D eigenvalue weighted by Crippen LogP contribution is 2.39. The van der Waals surface area contributed by atoms with Gasteiger partial charge in [0.1, 0.15) is 11.2 Å². The third kappa shape index (κ3) is 5.83. The van der Waals surface area contributed by atoms with Gasteiger partial charge in [0.15, 0.2) is 16.1 Å². The number of nitrogens with zero attached hydrogens (tertiary/aromatic N) is 1. The van der Waals surface area contributed by atoms with E-state index in [1.807, 2.05) is 0 Å². The molecule has 2 aromatic heterocycles. The fraction of sp³-hybridized carbons (Fsp3) is 0.0333. The molecule has 0 spiro atoms. The zero-order valence-electron chi connectivity index (χ0n) is 35.4. The van der Waals surface area contributed by atoms with Crippen LogP contribution in [0.15, 0.2) is 259 Å². The first-order valence-electron chi connectivity index (χ1n) is 22.4.